The Kier molecular flexibility index (Phi) is 4.66. The molecule has 1 fully saturated rings. The van der Waals surface area contributed by atoms with E-state index in [0.717, 1.165) is 17.3 Å². The number of amides is 2. The van der Waals surface area contributed by atoms with Gasteiger partial charge in [0.1, 0.15) is 0 Å². The van der Waals surface area contributed by atoms with Crippen LogP contribution in [0.15, 0.2) is 24.3 Å². The number of hydrogen-bond donors (Lipinski definition) is 3. The zero-order valence-corrected chi connectivity index (χ0v) is 11.5. The Balaban J connectivity index is 1.90. The molecular formula is C15H23N3O. The molecule has 0 radical (unpaired) electrons. The first kappa shape index (κ1) is 13.7. The fourth-order valence-electron chi connectivity index (χ4n) is 2.78. The molecule has 2 amide bonds. The summed E-state index contributed by atoms with van der Waals surface area (Å²) in [7, 11) is 0. The average molecular weight is 261 g/mol. The van der Waals surface area contributed by atoms with E-state index in [-0.39, 0.29) is 0 Å². The number of urea groups is 1. The monoisotopic (exact) mass is 261 g/mol. The molecule has 1 aliphatic rings. The van der Waals surface area contributed by atoms with Gasteiger partial charge in [-0.05, 0) is 49.8 Å². The molecule has 0 heterocycles. The van der Waals surface area contributed by atoms with E-state index in [9.17, 15) is 4.79 Å². The molecule has 0 aliphatic heterocycles. The predicted molar refractivity (Wildman–Crippen MR) is 79.3 cm³/mol. The first-order valence-corrected chi connectivity index (χ1v) is 7.10. The third-order valence-electron chi connectivity index (χ3n) is 3.93. The molecule has 4 N–H and O–H groups in total. The zero-order valence-electron chi connectivity index (χ0n) is 11.5. The van der Waals surface area contributed by atoms with Crippen LogP contribution < -0.4 is 16.4 Å². The molecule has 1 aliphatic carbocycles. The molecule has 0 spiro atoms. The molecule has 1 aromatic carbocycles. The lowest BCUT2D eigenvalue weighted by atomic mass is 9.84. The Morgan fingerprint density at radius 3 is 2.58 bits per heavy atom. The smallest absolute Gasteiger partial charge is 0.316 e. The number of primary amides is 1. The second-order valence-corrected chi connectivity index (χ2v) is 5.34. The van der Waals surface area contributed by atoms with E-state index >= 15 is 0 Å². The van der Waals surface area contributed by atoms with Crippen molar-refractivity contribution in [3.05, 3.63) is 24.3 Å². The first-order chi connectivity index (χ1) is 9.17. The van der Waals surface area contributed by atoms with Gasteiger partial charge in [0.05, 0.1) is 0 Å². The normalized spacial score (nSPS) is 22.8. The third kappa shape index (κ3) is 4.16. The average Bonchev–Trinajstić information content (AvgIpc) is 2.39. The largest absolute Gasteiger partial charge is 0.382 e. The number of carbonyl (C=O) groups excluding carboxylic acids is 1. The number of rotatable bonds is 4. The lowest BCUT2D eigenvalue weighted by Crippen LogP contribution is -2.26. The molecule has 0 aromatic heterocycles. The fourth-order valence-corrected chi connectivity index (χ4v) is 2.78. The molecule has 104 valence electrons. The van der Waals surface area contributed by atoms with E-state index < -0.39 is 6.03 Å². The summed E-state index contributed by atoms with van der Waals surface area (Å²) in [5, 5.41) is 6.14. The second kappa shape index (κ2) is 6.45. The minimum absolute atomic E-state index is 0.527. The summed E-state index contributed by atoms with van der Waals surface area (Å²) in [5.41, 5.74) is 6.90. The summed E-state index contributed by atoms with van der Waals surface area (Å²) < 4.78 is 0. The number of carbonyl (C=O) groups is 1. The van der Waals surface area contributed by atoms with Gasteiger partial charge in [-0.1, -0.05) is 19.4 Å². The standard InChI is InChI=1S/C15H23N3O/c1-2-11-6-8-12(9-7-11)17-13-4-3-5-14(10-13)18-15(16)19/h3-5,10-12,17H,2,6-9H2,1H3,(H3,16,18,19). The van der Waals surface area contributed by atoms with Crippen LogP contribution in [-0.4, -0.2) is 12.1 Å². The molecule has 4 heteroatoms. The van der Waals surface area contributed by atoms with Crippen LogP contribution in [0.25, 0.3) is 0 Å². The lowest BCUT2D eigenvalue weighted by Gasteiger charge is -2.29. The van der Waals surface area contributed by atoms with E-state index in [2.05, 4.69) is 17.6 Å². The quantitative estimate of drug-likeness (QED) is 0.775. The van der Waals surface area contributed by atoms with Gasteiger partial charge in [0, 0.05) is 17.4 Å². The second-order valence-electron chi connectivity index (χ2n) is 5.34. The van der Waals surface area contributed by atoms with Crippen LogP contribution in [0.4, 0.5) is 16.2 Å². The Morgan fingerprint density at radius 1 is 1.26 bits per heavy atom. The molecule has 1 saturated carbocycles. The van der Waals surface area contributed by atoms with Crippen LogP contribution in [0.5, 0.6) is 0 Å². The van der Waals surface area contributed by atoms with Gasteiger partial charge in [-0.15, -0.1) is 0 Å². The van der Waals surface area contributed by atoms with Gasteiger partial charge in [-0.25, -0.2) is 4.79 Å². The number of benzene rings is 1. The van der Waals surface area contributed by atoms with Crippen molar-refractivity contribution in [1.82, 2.24) is 0 Å². The van der Waals surface area contributed by atoms with Gasteiger partial charge in [-0.2, -0.15) is 0 Å². The molecule has 0 unspecified atom stereocenters. The molecule has 19 heavy (non-hydrogen) atoms. The lowest BCUT2D eigenvalue weighted by molar-refractivity contribution is 0.259. The maximum Gasteiger partial charge on any atom is 0.316 e. The number of hydrogen-bond acceptors (Lipinski definition) is 2. The van der Waals surface area contributed by atoms with Gasteiger partial charge in [0.25, 0.3) is 0 Å². The maximum absolute atomic E-state index is 10.8. The summed E-state index contributed by atoms with van der Waals surface area (Å²) in [6, 6.07) is 7.73. The van der Waals surface area contributed by atoms with Crippen LogP contribution in [0.2, 0.25) is 0 Å². The van der Waals surface area contributed by atoms with Gasteiger partial charge in [0.2, 0.25) is 0 Å². The van der Waals surface area contributed by atoms with Gasteiger partial charge < -0.3 is 16.4 Å². The Morgan fingerprint density at radius 2 is 1.95 bits per heavy atom. The highest BCUT2D eigenvalue weighted by Gasteiger charge is 2.19. The van der Waals surface area contributed by atoms with Crippen LogP contribution in [0.1, 0.15) is 39.0 Å². The van der Waals surface area contributed by atoms with Crippen LogP contribution >= 0.6 is 0 Å². The third-order valence-corrected chi connectivity index (χ3v) is 3.93. The minimum Gasteiger partial charge on any atom is -0.382 e. The minimum atomic E-state index is -0.527. The van der Waals surface area contributed by atoms with Crippen LogP contribution in [0, 0.1) is 5.92 Å². The highest BCUT2D eigenvalue weighted by molar-refractivity contribution is 5.88. The summed E-state index contributed by atoms with van der Waals surface area (Å²) in [5.74, 6) is 0.904. The Bertz CT molecular complexity index is 425. The topological polar surface area (TPSA) is 67.2 Å². The molecule has 0 saturated heterocycles. The van der Waals surface area contributed by atoms with Crippen molar-refractivity contribution >= 4 is 17.4 Å². The van der Waals surface area contributed by atoms with Crippen molar-refractivity contribution in [3.8, 4) is 0 Å². The molecule has 1 aromatic rings. The van der Waals surface area contributed by atoms with Gasteiger partial charge in [0.15, 0.2) is 0 Å². The first-order valence-electron chi connectivity index (χ1n) is 7.10. The number of nitrogens with two attached hydrogens (primary N) is 1. The van der Waals surface area contributed by atoms with Crippen LogP contribution in [0.3, 0.4) is 0 Å². The summed E-state index contributed by atoms with van der Waals surface area (Å²) in [6.07, 6.45) is 6.38. The highest BCUT2D eigenvalue weighted by atomic mass is 16.2. The summed E-state index contributed by atoms with van der Waals surface area (Å²) >= 11 is 0. The van der Waals surface area contributed by atoms with Crippen molar-refractivity contribution in [3.63, 3.8) is 0 Å². The van der Waals surface area contributed by atoms with Crippen LogP contribution in [-0.2, 0) is 0 Å². The maximum atomic E-state index is 10.8. The van der Waals surface area contributed by atoms with Crippen molar-refractivity contribution < 1.29 is 4.79 Å². The summed E-state index contributed by atoms with van der Waals surface area (Å²) in [6.45, 7) is 2.28. The molecular weight excluding hydrogens is 238 g/mol. The Labute approximate surface area is 114 Å². The molecule has 0 bridgehead atoms. The van der Waals surface area contributed by atoms with Crippen molar-refractivity contribution in [2.75, 3.05) is 10.6 Å². The highest BCUT2D eigenvalue weighted by Crippen LogP contribution is 2.28. The van der Waals surface area contributed by atoms with E-state index in [1.807, 2.05) is 24.3 Å². The van der Waals surface area contributed by atoms with E-state index in [1.165, 1.54) is 32.1 Å². The number of anilines is 2. The van der Waals surface area contributed by atoms with E-state index in [1.54, 1.807) is 0 Å². The predicted octanol–water partition coefficient (Wildman–Crippen LogP) is 3.56. The number of nitrogens with one attached hydrogen (secondary N) is 2. The molecule has 0 atom stereocenters. The fraction of sp³-hybridized carbons (Fsp3) is 0.533. The van der Waals surface area contributed by atoms with Gasteiger partial charge in [-0.3, -0.25) is 0 Å². The van der Waals surface area contributed by atoms with Crippen molar-refractivity contribution in [2.45, 2.75) is 45.1 Å². The van der Waals surface area contributed by atoms with Crippen molar-refractivity contribution in [2.24, 2.45) is 11.7 Å². The zero-order chi connectivity index (χ0) is 13.7. The molecule has 4 nitrogen and oxygen atoms in total. The van der Waals surface area contributed by atoms with E-state index in [4.69, 9.17) is 5.73 Å². The van der Waals surface area contributed by atoms with Crippen molar-refractivity contribution in [1.29, 1.82) is 0 Å². The SMILES string of the molecule is CCC1CCC(Nc2cccc(NC(N)=O)c2)CC1. The molecule has 2 rings (SSSR count). The van der Waals surface area contributed by atoms with E-state index in [0.29, 0.717) is 6.04 Å². The Hall–Kier alpha value is -1.71. The van der Waals surface area contributed by atoms with Gasteiger partial charge >= 0.3 is 6.03 Å². The summed E-state index contributed by atoms with van der Waals surface area (Å²) in [4.78, 5) is 10.8.